The smallest absolute Gasteiger partial charge is 0.456 e. The van der Waals surface area contributed by atoms with Gasteiger partial charge >= 0.3 is 13.8 Å². The van der Waals surface area contributed by atoms with Crippen molar-refractivity contribution in [3.8, 4) is 0 Å². The third kappa shape index (κ3) is 64.0. The molecule has 1 amide bonds. The lowest BCUT2D eigenvalue weighted by Crippen LogP contribution is -2.47. The number of rotatable bonds is 65. The molecule has 0 saturated heterocycles. The summed E-state index contributed by atoms with van der Waals surface area (Å²) >= 11 is 0. The Morgan fingerprint density at radius 2 is 0.735 bits per heavy atom. The zero-order chi connectivity index (χ0) is 60.7. The summed E-state index contributed by atoms with van der Waals surface area (Å²) in [5, 5.41) is 3.06. The lowest BCUT2D eigenvalue weighted by molar-refractivity contribution is -0.870. The van der Waals surface area contributed by atoms with Crippen LogP contribution in [-0.4, -0.2) is 74.3 Å². The summed E-state index contributed by atoms with van der Waals surface area (Å²) in [5.41, 5.74) is 0. The maximum absolute atomic E-state index is 13.6. The van der Waals surface area contributed by atoms with Gasteiger partial charge in [-0.15, -0.1) is 0 Å². The van der Waals surface area contributed by atoms with Crippen LogP contribution >= 0.6 is 7.82 Å². The van der Waals surface area contributed by atoms with Crippen molar-refractivity contribution in [1.29, 1.82) is 0 Å². The number of hydrogen-bond acceptors (Lipinski definition) is 6. The summed E-state index contributed by atoms with van der Waals surface area (Å²) < 4.78 is 30.8. The molecular weight excluding hydrogens is 1050 g/mol. The zero-order valence-corrected chi connectivity index (χ0v) is 56.6. The van der Waals surface area contributed by atoms with E-state index in [1.54, 1.807) is 0 Å². The van der Waals surface area contributed by atoms with E-state index in [4.69, 9.17) is 13.8 Å². The molecule has 0 radical (unpaired) electrons. The second kappa shape index (κ2) is 62.8. The monoisotopic (exact) mass is 1190 g/mol. The molecule has 486 valence electrons. The Morgan fingerprint density at radius 3 is 1.12 bits per heavy atom. The van der Waals surface area contributed by atoms with Gasteiger partial charge in [0, 0.05) is 12.8 Å². The van der Waals surface area contributed by atoms with Gasteiger partial charge in [0.2, 0.25) is 5.91 Å². The van der Waals surface area contributed by atoms with E-state index >= 15 is 0 Å². The number of unbranched alkanes of at least 4 members (excludes halogenated alkanes) is 41. The predicted octanol–water partition coefficient (Wildman–Crippen LogP) is 22.6. The van der Waals surface area contributed by atoms with E-state index in [0.29, 0.717) is 23.9 Å². The molecule has 2 N–H and O–H groups in total. The van der Waals surface area contributed by atoms with E-state index in [-0.39, 0.29) is 25.1 Å². The first-order valence-corrected chi connectivity index (χ1v) is 37.1. The van der Waals surface area contributed by atoms with Crippen molar-refractivity contribution in [3.05, 3.63) is 60.8 Å². The van der Waals surface area contributed by atoms with Crippen molar-refractivity contribution in [1.82, 2.24) is 5.32 Å². The van der Waals surface area contributed by atoms with Crippen LogP contribution in [0.1, 0.15) is 342 Å². The van der Waals surface area contributed by atoms with Gasteiger partial charge < -0.3 is 19.4 Å². The molecule has 3 unspecified atom stereocenters. The van der Waals surface area contributed by atoms with Crippen LogP contribution in [0.3, 0.4) is 0 Å². The molecule has 83 heavy (non-hydrogen) atoms. The standard InChI is InChI=1S/C73H137N2O7P/c1-7-10-13-16-19-22-25-27-29-31-33-35-36-37-38-40-42-44-46-48-51-54-57-60-63-66-73(77)82-71(64-61-58-55-52-49-24-21-18-15-12-9-3)70(69-81-83(78,79)80-68-67-75(4,5)6)74-72(76)65-62-59-56-53-50-47-45-43-41-39-34-32-30-28-26-23-20-17-14-11-8-2/h20,23,28,30,34,39,43,45,61,64,70-71H,7-19,21-22,24-27,29,31-33,35-38,40-42,44,46-60,62-63,65-69H2,1-6H3,(H-,74,76,78,79)/p+1/b23-20-,30-28-,39-34-,45-43-,64-61+. The fraction of sp³-hybridized carbons (Fsp3) is 0.836. The van der Waals surface area contributed by atoms with Gasteiger partial charge in [-0.25, -0.2) is 4.57 Å². The number of phosphoric acid groups is 1. The molecular formula is C73H138N2O7P+. The van der Waals surface area contributed by atoms with Crippen LogP contribution in [0.2, 0.25) is 0 Å². The Balaban J connectivity index is 5.03. The molecule has 0 aromatic heterocycles. The number of carbonyl (C=O) groups is 2. The van der Waals surface area contributed by atoms with Crippen LogP contribution in [0.4, 0.5) is 0 Å². The molecule has 0 aliphatic carbocycles. The maximum Gasteiger partial charge on any atom is 0.472 e. The highest BCUT2D eigenvalue weighted by molar-refractivity contribution is 7.47. The maximum atomic E-state index is 13.6. The molecule has 0 saturated carbocycles. The van der Waals surface area contributed by atoms with Crippen LogP contribution in [0, 0.1) is 0 Å². The topological polar surface area (TPSA) is 111 Å². The van der Waals surface area contributed by atoms with Crippen molar-refractivity contribution in [2.24, 2.45) is 0 Å². The van der Waals surface area contributed by atoms with Gasteiger partial charge in [-0.2, -0.15) is 0 Å². The summed E-state index contributed by atoms with van der Waals surface area (Å²) in [6.07, 6.45) is 81.0. The van der Waals surface area contributed by atoms with E-state index in [1.807, 2.05) is 33.3 Å². The predicted molar refractivity (Wildman–Crippen MR) is 360 cm³/mol. The number of ether oxygens (including phenoxy) is 1. The quantitative estimate of drug-likeness (QED) is 0.0205. The molecule has 0 spiro atoms. The molecule has 0 bridgehead atoms. The van der Waals surface area contributed by atoms with Gasteiger partial charge in [-0.05, 0) is 76.7 Å². The number of allylic oxidation sites excluding steroid dienone is 9. The Hall–Kier alpha value is -2.29. The normalized spacial score (nSPS) is 13.9. The van der Waals surface area contributed by atoms with Crippen LogP contribution in [0.15, 0.2) is 60.8 Å². The number of amides is 1. The minimum atomic E-state index is -4.46. The first-order valence-electron chi connectivity index (χ1n) is 35.6. The fourth-order valence-corrected chi connectivity index (χ4v) is 11.2. The van der Waals surface area contributed by atoms with Crippen LogP contribution in [0.25, 0.3) is 0 Å². The number of nitrogens with zero attached hydrogens (tertiary/aromatic N) is 1. The van der Waals surface area contributed by atoms with Gasteiger partial charge in [-0.3, -0.25) is 18.6 Å². The van der Waals surface area contributed by atoms with Gasteiger partial charge in [0.15, 0.2) is 0 Å². The number of esters is 1. The summed E-state index contributed by atoms with van der Waals surface area (Å²) in [6.45, 7) is 7.01. The minimum Gasteiger partial charge on any atom is -0.456 e. The largest absolute Gasteiger partial charge is 0.472 e. The summed E-state index contributed by atoms with van der Waals surface area (Å²) in [5.74, 6) is -0.513. The second-order valence-corrected chi connectivity index (χ2v) is 26.9. The molecule has 0 fully saturated rings. The molecule has 0 heterocycles. The van der Waals surface area contributed by atoms with Crippen molar-refractivity contribution < 1.29 is 37.3 Å². The molecule has 0 aliphatic rings. The average molecular weight is 1190 g/mol. The van der Waals surface area contributed by atoms with Gasteiger partial charge in [0.05, 0.1) is 33.8 Å². The molecule has 10 heteroatoms. The number of likely N-dealkylation sites (N-methyl/N-ethyl adjacent to an activating group) is 1. The number of hydrogen-bond donors (Lipinski definition) is 2. The number of nitrogens with one attached hydrogen (secondary N) is 1. The van der Waals surface area contributed by atoms with Crippen molar-refractivity contribution in [2.45, 2.75) is 354 Å². The first kappa shape index (κ1) is 80.7. The van der Waals surface area contributed by atoms with Gasteiger partial charge in [-0.1, -0.05) is 313 Å². The minimum absolute atomic E-state index is 0.0362. The molecule has 0 rings (SSSR count). The summed E-state index contributed by atoms with van der Waals surface area (Å²) in [6, 6.07) is -0.859. The highest BCUT2D eigenvalue weighted by atomic mass is 31.2. The molecule has 0 aliphatic heterocycles. The fourth-order valence-electron chi connectivity index (χ4n) is 10.5. The SMILES string of the molecule is CCCCC/C=C\C/C=C\C/C=C\C/C=C\CCCCCCCC(=O)NC(COP(=O)(O)OCC[N+](C)(C)C)C(/C=C/CCCCCCCCCCC)OC(=O)CCCCCCCCCCCCCCCCCCCCCCCCCCC. The Bertz CT molecular complexity index is 1600. The molecule has 0 aromatic rings. The summed E-state index contributed by atoms with van der Waals surface area (Å²) in [4.78, 5) is 37.9. The second-order valence-electron chi connectivity index (χ2n) is 25.4. The van der Waals surface area contributed by atoms with Crippen molar-refractivity contribution in [2.75, 3.05) is 40.9 Å². The zero-order valence-electron chi connectivity index (χ0n) is 55.7. The van der Waals surface area contributed by atoms with Crippen LogP contribution in [0.5, 0.6) is 0 Å². The Kier molecular flexibility index (Phi) is 61.0. The highest BCUT2D eigenvalue weighted by Gasteiger charge is 2.30. The molecule has 3 atom stereocenters. The van der Waals surface area contributed by atoms with Crippen LogP contribution in [-0.2, 0) is 27.9 Å². The Labute approximate surface area is 515 Å². The van der Waals surface area contributed by atoms with Crippen molar-refractivity contribution >= 4 is 19.7 Å². The summed E-state index contributed by atoms with van der Waals surface area (Å²) in [7, 11) is 1.49. The van der Waals surface area contributed by atoms with Gasteiger partial charge in [0.25, 0.3) is 0 Å². The van der Waals surface area contributed by atoms with Crippen LogP contribution < -0.4 is 5.32 Å². The third-order valence-corrected chi connectivity index (χ3v) is 16.9. The van der Waals surface area contributed by atoms with E-state index < -0.39 is 20.0 Å². The lowest BCUT2D eigenvalue weighted by atomic mass is 10.0. The van der Waals surface area contributed by atoms with Gasteiger partial charge in [0.1, 0.15) is 19.3 Å². The van der Waals surface area contributed by atoms with E-state index in [9.17, 15) is 19.0 Å². The molecule has 0 aromatic carbocycles. The molecule has 9 nitrogen and oxygen atoms in total. The Morgan fingerprint density at radius 1 is 0.422 bits per heavy atom. The van der Waals surface area contributed by atoms with E-state index in [0.717, 1.165) is 96.3 Å². The third-order valence-electron chi connectivity index (χ3n) is 16.0. The highest BCUT2D eigenvalue weighted by Crippen LogP contribution is 2.43. The van der Waals surface area contributed by atoms with Crippen molar-refractivity contribution in [3.63, 3.8) is 0 Å². The number of phosphoric ester groups is 1. The number of quaternary nitrogens is 1. The lowest BCUT2D eigenvalue weighted by Gasteiger charge is -2.27. The van der Waals surface area contributed by atoms with E-state index in [2.05, 4.69) is 74.7 Å². The number of carbonyl (C=O) groups excluding carboxylic acids is 2. The first-order chi connectivity index (χ1) is 40.4. The average Bonchev–Trinajstić information content (AvgIpc) is 3.51. The van der Waals surface area contributed by atoms with E-state index in [1.165, 1.54) is 212 Å².